The highest BCUT2D eigenvalue weighted by molar-refractivity contribution is 5.75. The number of rotatable bonds is 3. The monoisotopic (exact) mass is 198 g/mol. The number of hydrogen-bond donors (Lipinski definition) is 2. The third-order valence-electron chi connectivity index (χ3n) is 3.29. The molecule has 4 nitrogen and oxygen atoms in total. The van der Waals surface area contributed by atoms with Gasteiger partial charge < -0.3 is 15.8 Å². The van der Waals surface area contributed by atoms with Crippen LogP contribution in [0.3, 0.4) is 0 Å². The molecule has 14 heavy (non-hydrogen) atoms. The van der Waals surface area contributed by atoms with E-state index in [-0.39, 0.29) is 17.9 Å². The topological polar surface area (TPSA) is 64.3 Å². The Morgan fingerprint density at radius 2 is 2.29 bits per heavy atom. The van der Waals surface area contributed by atoms with Crippen molar-refractivity contribution in [3.63, 3.8) is 0 Å². The summed E-state index contributed by atoms with van der Waals surface area (Å²) in [6.07, 6.45) is 0.971. The number of carbonyl (C=O) groups excluding carboxylic acids is 1. The third kappa shape index (κ3) is 1.77. The Morgan fingerprint density at radius 1 is 1.50 bits per heavy atom. The zero-order valence-corrected chi connectivity index (χ0v) is 8.53. The van der Waals surface area contributed by atoms with Crippen LogP contribution >= 0.6 is 0 Å². The lowest BCUT2D eigenvalue weighted by Crippen LogP contribution is -2.31. The van der Waals surface area contributed by atoms with E-state index in [0.717, 1.165) is 19.5 Å². The Morgan fingerprint density at radius 3 is 2.86 bits per heavy atom. The van der Waals surface area contributed by atoms with Crippen LogP contribution in [0.2, 0.25) is 0 Å². The van der Waals surface area contributed by atoms with Gasteiger partial charge in [0, 0.05) is 12.6 Å². The van der Waals surface area contributed by atoms with Gasteiger partial charge in [-0.05, 0) is 31.7 Å². The van der Waals surface area contributed by atoms with Gasteiger partial charge >= 0.3 is 5.97 Å². The molecule has 1 heterocycles. The van der Waals surface area contributed by atoms with Crippen LogP contribution in [-0.4, -0.2) is 31.7 Å². The van der Waals surface area contributed by atoms with Crippen molar-refractivity contribution in [1.29, 1.82) is 0 Å². The van der Waals surface area contributed by atoms with Crippen molar-refractivity contribution < 1.29 is 9.53 Å². The van der Waals surface area contributed by atoms with Gasteiger partial charge in [0.1, 0.15) is 0 Å². The largest absolute Gasteiger partial charge is 0.466 e. The van der Waals surface area contributed by atoms with Crippen molar-refractivity contribution in [2.75, 3.05) is 19.7 Å². The first-order chi connectivity index (χ1) is 6.74. The lowest BCUT2D eigenvalue weighted by Gasteiger charge is -2.13. The standard InChI is InChI=1S/C10H18N2O2/c1-2-14-10(13)7-3-6(7)8-4-12-5-9(8)11/h6-9,12H,2-5,11H2,1H3/t6?,7?,8-,9+/m1/s1. The van der Waals surface area contributed by atoms with Gasteiger partial charge in [0.15, 0.2) is 0 Å². The second kappa shape index (κ2) is 3.87. The van der Waals surface area contributed by atoms with Crippen molar-refractivity contribution in [3.05, 3.63) is 0 Å². The summed E-state index contributed by atoms with van der Waals surface area (Å²) in [5.41, 5.74) is 5.94. The van der Waals surface area contributed by atoms with E-state index in [2.05, 4.69) is 5.32 Å². The van der Waals surface area contributed by atoms with Crippen LogP contribution in [0.4, 0.5) is 0 Å². The summed E-state index contributed by atoms with van der Waals surface area (Å²) in [7, 11) is 0. The fourth-order valence-corrected chi connectivity index (χ4v) is 2.40. The van der Waals surface area contributed by atoms with E-state index < -0.39 is 0 Å². The van der Waals surface area contributed by atoms with E-state index >= 15 is 0 Å². The predicted octanol–water partition coefficient (Wildman–Crippen LogP) is -0.268. The molecule has 1 saturated heterocycles. The number of esters is 1. The Balaban J connectivity index is 1.83. The van der Waals surface area contributed by atoms with Crippen molar-refractivity contribution in [2.45, 2.75) is 19.4 Å². The van der Waals surface area contributed by atoms with E-state index in [1.54, 1.807) is 0 Å². The van der Waals surface area contributed by atoms with Crippen LogP contribution in [0.1, 0.15) is 13.3 Å². The second-order valence-electron chi connectivity index (χ2n) is 4.24. The van der Waals surface area contributed by atoms with Gasteiger partial charge in [-0.3, -0.25) is 4.79 Å². The minimum atomic E-state index is -0.0309. The molecule has 2 unspecified atom stereocenters. The minimum Gasteiger partial charge on any atom is -0.466 e. The van der Waals surface area contributed by atoms with E-state index in [1.807, 2.05) is 6.92 Å². The molecule has 1 aliphatic heterocycles. The third-order valence-corrected chi connectivity index (χ3v) is 3.29. The molecule has 0 aromatic rings. The molecule has 2 fully saturated rings. The van der Waals surface area contributed by atoms with Gasteiger partial charge in [0.2, 0.25) is 0 Å². The zero-order valence-electron chi connectivity index (χ0n) is 8.53. The van der Waals surface area contributed by atoms with Crippen LogP contribution < -0.4 is 11.1 Å². The smallest absolute Gasteiger partial charge is 0.309 e. The van der Waals surface area contributed by atoms with Crippen molar-refractivity contribution in [2.24, 2.45) is 23.5 Å². The Kier molecular flexibility index (Phi) is 2.74. The molecular formula is C10H18N2O2. The van der Waals surface area contributed by atoms with Gasteiger partial charge in [-0.15, -0.1) is 0 Å². The van der Waals surface area contributed by atoms with Crippen LogP contribution in [-0.2, 0) is 9.53 Å². The molecule has 0 radical (unpaired) electrons. The molecule has 3 N–H and O–H groups in total. The first-order valence-corrected chi connectivity index (χ1v) is 5.37. The van der Waals surface area contributed by atoms with Crippen LogP contribution in [0.15, 0.2) is 0 Å². The van der Waals surface area contributed by atoms with Crippen molar-refractivity contribution in [1.82, 2.24) is 5.32 Å². The molecule has 0 amide bonds. The van der Waals surface area contributed by atoms with Gasteiger partial charge in [-0.25, -0.2) is 0 Å². The maximum Gasteiger partial charge on any atom is 0.309 e. The Labute approximate surface area is 84.2 Å². The van der Waals surface area contributed by atoms with Crippen LogP contribution in [0.25, 0.3) is 0 Å². The van der Waals surface area contributed by atoms with Gasteiger partial charge in [-0.1, -0.05) is 0 Å². The molecule has 80 valence electrons. The summed E-state index contributed by atoms with van der Waals surface area (Å²) in [5.74, 6) is 1.05. The highest BCUT2D eigenvalue weighted by atomic mass is 16.5. The predicted molar refractivity (Wildman–Crippen MR) is 52.6 cm³/mol. The number of ether oxygens (including phenoxy) is 1. The molecule has 4 heteroatoms. The first kappa shape index (κ1) is 9.93. The molecule has 1 saturated carbocycles. The van der Waals surface area contributed by atoms with E-state index in [4.69, 9.17) is 10.5 Å². The molecule has 0 spiro atoms. The fraction of sp³-hybridized carbons (Fsp3) is 0.900. The number of carbonyl (C=O) groups is 1. The minimum absolute atomic E-state index is 0.0309. The van der Waals surface area contributed by atoms with Gasteiger partial charge in [0.05, 0.1) is 12.5 Å². The summed E-state index contributed by atoms with van der Waals surface area (Å²) in [4.78, 5) is 11.4. The number of hydrogen-bond acceptors (Lipinski definition) is 4. The SMILES string of the molecule is CCOC(=O)C1CC1[C@H]1CNC[C@@H]1N. The average molecular weight is 198 g/mol. The molecule has 0 aromatic heterocycles. The second-order valence-corrected chi connectivity index (χ2v) is 4.24. The van der Waals surface area contributed by atoms with Crippen molar-refractivity contribution >= 4 is 5.97 Å². The van der Waals surface area contributed by atoms with E-state index in [1.165, 1.54) is 0 Å². The highest BCUT2D eigenvalue weighted by Crippen LogP contribution is 2.46. The van der Waals surface area contributed by atoms with Gasteiger partial charge in [0.25, 0.3) is 0 Å². The molecule has 2 aliphatic rings. The van der Waals surface area contributed by atoms with Crippen LogP contribution in [0.5, 0.6) is 0 Å². The first-order valence-electron chi connectivity index (χ1n) is 5.37. The molecule has 0 aromatic carbocycles. The van der Waals surface area contributed by atoms with Crippen molar-refractivity contribution in [3.8, 4) is 0 Å². The normalized spacial score (nSPS) is 41.0. The average Bonchev–Trinajstić information content (AvgIpc) is 2.84. The van der Waals surface area contributed by atoms with Gasteiger partial charge in [-0.2, -0.15) is 0 Å². The van der Waals surface area contributed by atoms with Crippen LogP contribution in [0, 0.1) is 17.8 Å². The fourth-order valence-electron chi connectivity index (χ4n) is 2.40. The summed E-state index contributed by atoms with van der Waals surface area (Å²) >= 11 is 0. The Hall–Kier alpha value is -0.610. The molecule has 2 rings (SSSR count). The zero-order chi connectivity index (χ0) is 10.1. The number of nitrogens with two attached hydrogens (primary N) is 1. The summed E-state index contributed by atoms with van der Waals surface area (Å²) in [5, 5.41) is 3.26. The number of nitrogens with one attached hydrogen (secondary N) is 1. The van der Waals surface area contributed by atoms with E-state index in [9.17, 15) is 4.79 Å². The lowest BCUT2D eigenvalue weighted by molar-refractivity contribution is -0.145. The lowest BCUT2D eigenvalue weighted by atomic mass is 9.97. The quantitative estimate of drug-likeness (QED) is 0.613. The molecule has 4 atom stereocenters. The maximum absolute atomic E-state index is 11.4. The highest BCUT2D eigenvalue weighted by Gasteiger charge is 2.51. The Bertz CT molecular complexity index is 232. The summed E-state index contributed by atoms with van der Waals surface area (Å²) < 4.78 is 4.99. The van der Waals surface area contributed by atoms with E-state index in [0.29, 0.717) is 18.4 Å². The maximum atomic E-state index is 11.4. The summed E-state index contributed by atoms with van der Waals surface area (Å²) in [6, 6.07) is 0.222. The molecule has 1 aliphatic carbocycles. The molecular weight excluding hydrogens is 180 g/mol. The summed E-state index contributed by atoms with van der Waals surface area (Å²) in [6.45, 7) is 4.17. The molecule has 0 bridgehead atoms.